The second-order valence-electron chi connectivity index (χ2n) is 7.15. The van der Waals surface area contributed by atoms with Crippen LogP contribution in [0, 0.1) is 6.92 Å². The van der Waals surface area contributed by atoms with E-state index in [9.17, 15) is 9.59 Å². The van der Waals surface area contributed by atoms with Crippen LogP contribution < -0.4 is 5.32 Å². The Hall–Kier alpha value is -3.28. The summed E-state index contributed by atoms with van der Waals surface area (Å²) in [5.41, 5.74) is 4.02. The first-order valence-electron chi connectivity index (χ1n) is 9.94. The number of anilines is 1. The maximum absolute atomic E-state index is 13.1. The van der Waals surface area contributed by atoms with Crippen LogP contribution in [0.1, 0.15) is 28.6 Å². The molecule has 4 aromatic rings. The van der Waals surface area contributed by atoms with Crippen molar-refractivity contribution in [2.24, 2.45) is 0 Å². The van der Waals surface area contributed by atoms with Gasteiger partial charge in [-0.2, -0.15) is 0 Å². The lowest BCUT2D eigenvalue weighted by Crippen LogP contribution is -2.13. The van der Waals surface area contributed by atoms with Gasteiger partial charge in [0.1, 0.15) is 5.58 Å². The number of amides is 1. The van der Waals surface area contributed by atoms with Crippen LogP contribution in [-0.4, -0.2) is 18.5 Å². The maximum Gasteiger partial charge on any atom is 0.411 e. The molecule has 0 aliphatic carbocycles. The number of carbonyl (C=O) groups is 2. The molecule has 162 valence electrons. The summed E-state index contributed by atoms with van der Waals surface area (Å²) in [6.45, 7) is 3.88. The summed E-state index contributed by atoms with van der Waals surface area (Å²) in [4.78, 5) is 24.8. The molecule has 0 aliphatic rings. The van der Waals surface area contributed by atoms with E-state index < -0.39 is 6.09 Å². The predicted molar refractivity (Wildman–Crippen MR) is 127 cm³/mol. The zero-order valence-corrected chi connectivity index (χ0v) is 18.9. The van der Waals surface area contributed by atoms with Gasteiger partial charge in [0.2, 0.25) is 5.78 Å². The molecule has 4 rings (SSSR count). The lowest BCUT2D eigenvalue weighted by Gasteiger charge is -2.07. The van der Waals surface area contributed by atoms with Crippen LogP contribution in [0.5, 0.6) is 0 Å². The van der Waals surface area contributed by atoms with E-state index in [0.717, 1.165) is 22.1 Å². The first-order chi connectivity index (χ1) is 15.4. The second-order valence-corrected chi connectivity index (χ2v) is 7.99. The molecule has 1 heterocycles. The van der Waals surface area contributed by atoms with Gasteiger partial charge >= 0.3 is 6.09 Å². The number of nitrogens with one attached hydrogen (secondary N) is 1. The fourth-order valence-electron chi connectivity index (χ4n) is 3.48. The van der Waals surface area contributed by atoms with Gasteiger partial charge in [0.15, 0.2) is 5.76 Å². The molecular formula is C25H19Cl2NO4. The lowest BCUT2D eigenvalue weighted by molar-refractivity contribution is 0.101. The van der Waals surface area contributed by atoms with Crippen LogP contribution in [0.15, 0.2) is 65.1 Å². The molecule has 0 bridgehead atoms. The monoisotopic (exact) mass is 467 g/mol. The number of hydrogen-bond acceptors (Lipinski definition) is 4. The average Bonchev–Trinajstić information content (AvgIpc) is 3.09. The molecule has 0 unspecified atom stereocenters. The van der Waals surface area contributed by atoms with Crippen LogP contribution in [-0.2, 0) is 4.74 Å². The van der Waals surface area contributed by atoms with E-state index in [1.54, 1.807) is 25.1 Å². The Kier molecular flexibility index (Phi) is 6.21. The number of hydrogen-bond donors (Lipinski definition) is 1. The molecule has 32 heavy (non-hydrogen) atoms. The summed E-state index contributed by atoms with van der Waals surface area (Å²) >= 11 is 12.2. The third kappa shape index (κ3) is 4.35. The van der Waals surface area contributed by atoms with E-state index in [4.69, 9.17) is 32.4 Å². The molecule has 0 spiro atoms. The van der Waals surface area contributed by atoms with Crippen molar-refractivity contribution in [2.75, 3.05) is 11.9 Å². The second kappa shape index (κ2) is 9.07. The maximum atomic E-state index is 13.1. The molecule has 0 fully saturated rings. The van der Waals surface area contributed by atoms with Crippen LogP contribution in [0.3, 0.4) is 0 Å². The number of furan rings is 1. The summed E-state index contributed by atoms with van der Waals surface area (Å²) in [6.07, 6.45) is -0.509. The SMILES string of the molecule is CCOC(=O)Nc1cccc(-c2ccc3c(C)c(C(=O)c4ccc(Cl)cc4Cl)oc3c2)c1. The number of ether oxygens (including phenoxy) is 1. The Labute approximate surface area is 194 Å². The molecule has 0 saturated carbocycles. The van der Waals surface area contributed by atoms with Crippen molar-refractivity contribution >= 4 is 51.7 Å². The minimum absolute atomic E-state index is 0.235. The fraction of sp³-hybridized carbons (Fsp3) is 0.120. The first-order valence-corrected chi connectivity index (χ1v) is 10.7. The Bertz CT molecular complexity index is 1340. The molecule has 1 amide bonds. The summed E-state index contributed by atoms with van der Waals surface area (Å²) in [7, 11) is 0. The van der Waals surface area contributed by atoms with Crippen LogP contribution in [0.4, 0.5) is 10.5 Å². The van der Waals surface area contributed by atoms with E-state index in [1.807, 2.05) is 43.3 Å². The van der Waals surface area contributed by atoms with E-state index in [-0.39, 0.29) is 16.6 Å². The number of aryl methyl sites for hydroxylation is 1. The number of ketones is 1. The average molecular weight is 468 g/mol. The lowest BCUT2D eigenvalue weighted by atomic mass is 10.0. The van der Waals surface area contributed by atoms with Gasteiger partial charge < -0.3 is 9.15 Å². The van der Waals surface area contributed by atoms with Crippen molar-refractivity contribution in [3.63, 3.8) is 0 Å². The van der Waals surface area contributed by atoms with Gasteiger partial charge in [0, 0.05) is 27.2 Å². The zero-order valence-electron chi connectivity index (χ0n) is 17.4. The third-order valence-corrected chi connectivity index (χ3v) is 5.59. The van der Waals surface area contributed by atoms with Gasteiger partial charge in [-0.15, -0.1) is 0 Å². The highest BCUT2D eigenvalue weighted by molar-refractivity contribution is 6.37. The third-order valence-electron chi connectivity index (χ3n) is 5.04. The largest absolute Gasteiger partial charge is 0.452 e. The Morgan fingerprint density at radius 3 is 2.53 bits per heavy atom. The standard InChI is InChI=1S/C25H19Cl2NO4/c1-3-31-25(30)28-18-6-4-5-15(11-18)16-7-9-19-14(2)24(32-22(19)12-16)23(29)20-10-8-17(26)13-21(20)27/h4-13H,3H2,1-2H3,(H,28,30). The molecule has 3 aromatic carbocycles. The van der Waals surface area contributed by atoms with Gasteiger partial charge in [-0.3, -0.25) is 10.1 Å². The van der Waals surface area contributed by atoms with Crippen molar-refractivity contribution < 1.29 is 18.7 Å². The summed E-state index contributed by atoms with van der Waals surface area (Å²) < 4.78 is 10.9. The van der Waals surface area contributed by atoms with Crippen molar-refractivity contribution in [2.45, 2.75) is 13.8 Å². The van der Waals surface area contributed by atoms with Crippen molar-refractivity contribution in [3.8, 4) is 11.1 Å². The van der Waals surface area contributed by atoms with Gasteiger partial charge in [-0.05, 0) is 61.4 Å². The van der Waals surface area contributed by atoms with E-state index in [2.05, 4.69) is 5.32 Å². The molecule has 0 atom stereocenters. The minimum atomic E-state index is -0.509. The Morgan fingerprint density at radius 2 is 1.78 bits per heavy atom. The number of halogens is 2. The van der Waals surface area contributed by atoms with E-state index in [0.29, 0.717) is 28.5 Å². The van der Waals surface area contributed by atoms with Gasteiger partial charge in [0.05, 0.1) is 11.6 Å². The normalized spacial score (nSPS) is 10.9. The number of benzene rings is 3. The van der Waals surface area contributed by atoms with Gasteiger partial charge in [-0.25, -0.2) is 4.79 Å². The van der Waals surface area contributed by atoms with Gasteiger partial charge in [-0.1, -0.05) is 47.5 Å². The smallest absolute Gasteiger partial charge is 0.411 e. The first kappa shape index (κ1) is 21.9. The zero-order chi connectivity index (χ0) is 22.8. The minimum Gasteiger partial charge on any atom is -0.452 e. The quantitative estimate of drug-likeness (QED) is 0.308. The van der Waals surface area contributed by atoms with Crippen LogP contribution in [0.2, 0.25) is 10.0 Å². The molecule has 1 N–H and O–H groups in total. The predicted octanol–water partition coefficient (Wildman–Crippen LogP) is 7.51. The Morgan fingerprint density at radius 1 is 1.00 bits per heavy atom. The highest BCUT2D eigenvalue weighted by Gasteiger charge is 2.21. The highest BCUT2D eigenvalue weighted by Crippen LogP contribution is 2.33. The summed E-state index contributed by atoms with van der Waals surface area (Å²) in [5, 5.41) is 4.26. The van der Waals surface area contributed by atoms with Crippen molar-refractivity contribution in [1.82, 2.24) is 0 Å². The van der Waals surface area contributed by atoms with Gasteiger partial charge in [0.25, 0.3) is 0 Å². The highest BCUT2D eigenvalue weighted by atomic mass is 35.5. The number of carbonyl (C=O) groups excluding carboxylic acids is 2. The fourth-order valence-corrected chi connectivity index (χ4v) is 3.97. The van der Waals surface area contributed by atoms with E-state index in [1.165, 1.54) is 6.07 Å². The molecule has 0 aliphatic heterocycles. The topological polar surface area (TPSA) is 68.5 Å². The van der Waals surface area contributed by atoms with Crippen molar-refractivity contribution in [1.29, 1.82) is 0 Å². The summed E-state index contributed by atoms with van der Waals surface area (Å²) in [5.74, 6) is -0.0679. The Balaban J connectivity index is 1.69. The molecule has 5 nitrogen and oxygen atoms in total. The van der Waals surface area contributed by atoms with Crippen LogP contribution >= 0.6 is 23.2 Å². The number of rotatable bonds is 5. The molecule has 7 heteroatoms. The number of fused-ring (bicyclic) bond motifs is 1. The molecule has 0 saturated heterocycles. The molecule has 1 aromatic heterocycles. The molecule has 0 radical (unpaired) electrons. The van der Waals surface area contributed by atoms with Crippen LogP contribution in [0.25, 0.3) is 22.1 Å². The molecular weight excluding hydrogens is 449 g/mol. The summed E-state index contributed by atoms with van der Waals surface area (Å²) in [6, 6.07) is 17.8. The van der Waals surface area contributed by atoms with Crippen molar-refractivity contribution in [3.05, 3.63) is 87.6 Å². The van der Waals surface area contributed by atoms with E-state index >= 15 is 0 Å².